The van der Waals surface area contributed by atoms with Gasteiger partial charge in [-0.15, -0.1) is 6.58 Å². The second-order valence-electron chi connectivity index (χ2n) is 6.50. The molecule has 0 saturated heterocycles. The highest BCUT2D eigenvalue weighted by atomic mass is 15.1. The maximum atomic E-state index is 3.83. The number of aryl methyl sites for hydroxylation is 3. The molecule has 0 atom stereocenters. The number of anilines is 3. The Balaban J connectivity index is 2.06. The van der Waals surface area contributed by atoms with Gasteiger partial charge in [-0.1, -0.05) is 53.6 Å². The van der Waals surface area contributed by atoms with Crippen LogP contribution in [0.25, 0.3) is 0 Å². The Morgan fingerprint density at radius 2 is 1.32 bits per heavy atom. The van der Waals surface area contributed by atoms with E-state index in [-0.39, 0.29) is 0 Å². The molecule has 0 unspecified atom stereocenters. The van der Waals surface area contributed by atoms with Crippen LogP contribution in [-0.2, 0) is 6.42 Å². The summed E-state index contributed by atoms with van der Waals surface area (Å²) in [7, 11) is 0. The van der Waals surface area contributed by atoms with Crippen LogP contribution < -0.4 is 4.90 Å². The van der Waals surface area contributed by atoms with Gasteiger partial charge in [0.05, 0.1) is 0 Å². The van der Waals surface area contributed by atoms with E-state index in [4.69, 9.17) is 0 Å². The summed E-state index contributed by atoms with van der Waals surface area (Å²) in [5.41, 5.74) is 7.42. The van der Waals surface area contributed by atoms with Gasteiger partial charge in [0, 0.05) is 17.1 Å². The maximum Gasteiger partial charge on any atom is 0.0464 e. The van der Waals surface area contributed by atoms with Gasteiger partial charge in [-0.3, -0.25) is 0 Å². The summed E-state index contributed by atoms with van der Waals surface area (Å²) in [6, 6.07) is 26.2. The lowest BCUT2D eigenvalue weighted by Gasteiger charge is -2.26. The van der Waals surface area contributed by atoms with Crippen LogP contribution >= 0.6 is 0 Å². The molecule has 0 amide bonds. The molecule has 0 aliphatic heterocycles. The lowest BCUT2D eigenvalue weighted by molar-refractivity contribution is 1.00. The standard InChI is InChI=1S/C24H25N/c1-4-5-7-21-8-6-9-24(18-21)25(22-14-10-19(2)11-15-22)23-16-12-20(3)13-17-23/h4,6,8-18H,1,5,7H2,2-3H3. The first-order valence-electron chi connectivity index (χ1n) is 8.80. The van der Waals surface area contributed by atoms with Gasteiger partial charge in [-0.2, -0.15) is 0 Å². The van der Waals surface area contributed by atoms with E-state index >= 15 is 0 Å². The second kappa shape index (κ2) is 7.85. The molecule has 25 heavy (non-hydrogen) atoms. The largest absolute Gasteiger partial charge is 0.310 e. The van der Waals surface area contributed by atoms with Gasteiger partial charge in [0.25, 0.3) is 0 Å². The zero-order chi connectivity index (χ0) is 17.6. The van der Waals surface area contributed by atoms with Gasteiger partial charge in [0.15, 0.2) is 0 Å². The van der Waals surface area contributed by atoms with Crippen molar-refractivity contribution in [1.29, 1.82) is 0 Å². The molecule has 0 spiro atoms. The number of allylic oxidation sites excluding steroid dienone is 1. The summed E-state index contributed by atoms with van der Waals surface area (Å²) in [6.45, 7) is 8.08. The monoisotopic (exact) mass is 327 g/mol. The number of hydrogen-bond donors (Lipinski definition) is 0. The third kappa shape index (κ3) is 4.19. The highest BCUT2D eigenvalue weighted by Crippen LogP contribution is 2.35. The van der Waals surface area contributed by atoms with Crippen molar-refractivity contribution in [2.24, 2.45) is 0 Å². The maximum absolute atomic E-state index is 3.83. The topological polar surface area (TPSA) is 3.24 Å². The predicted molar refractivity (Wildman–Crippen MR) is 109 cm³/mol. The zero-order valence-electron chi connectivity index (χ0n) is 15.1. The van der Waals surface area contributed by atoms with E-state index in [1.807, 2.05) is 6.08 Å². The zero-order valence-corrected chi connectivity index (χ0v) is 15.1. The van der Waals surface area contributed by atoms with E-state index < -0.39 is 0 Å². The smallest absolute Gasteiger partial charge is 0.0464 e. The first-order chi connectivity index (χ1) is 12.2. The molecular formula is C24H25N. The van der Waals surface area contributed by atoms with E-state index in [1.54, 1.807) is 0 Å². The van der Waals surface area contributed by atoms with Crippen LogP contribution in [0.1, 0.15) is 23.1 Å². The molecule has 0 aliphatic rings. The molecule has 0 saturated carbocycles. The molecule has 0 aromatic heterocycles. The third-order valence-electron chi connectivity index (χ3n) is 4.39. The van der Waals surface area contributed by atoms with Crippen LogP contribution in [0.15, 0.2) is 85.5 Å². The molecule has 0 heterocycles. The average Bonchev–Trinajstić information content (AvgIpc) is 2.64. The molecule has 0 bridgehead atoms. The van der Waals surface area contributed by atoms with Crippen LogP contribution in [0.4, 0.5) is 17.1 Å². The molecule has 1 heteroatoms. The van der Waals surface area contributed by atoms with Gasteiger partial charge < -0.3 is 4.90 Å². The van der Waals surface area contributed by atoms with Crippen molar-refractivity contribution in [2.45, 2.75) is 26.7 Å². The molecule has 3 rings (SSSR count). The summed E-state index contributed by atoms with van der Waals surface area (Å²) in [5, 5.41) is 0. The van der Waals surface area contributed by atoms with E-state index in [1.165, 1.54) is 33.8 Å². The SMILES string of the molecule is C=CCCc1cccc(N(c2ccc(C)cc2)c2ccc(C)cc2)c1. The molecular weight excluding hydrogens is 302 g/mol. The van der Waals surface area contributed by atoms with E-state index in [2.05, 4.69) is 98.1 Å². The van der Waals surface area contributed by atoms with E-state index in [0.29, 0.717) is 0 Å². The molecule has 1 nitrogen and oxygen atoms in total. The highest BCUT2D eigenvalue weighted by Gasteiger charge is 2.12. The van der Waals surface area contributed by atoms with Gasteiger partial charge in [-0.25, -0.2) is 0 Å². The molecule has 0 radical (unpaired) electrons. The minimum absolute atomic E-state index is 0.999. The normalized spacial score (nSPS) is 10.5. The lowest BCUT2D eigenvalue weighted by atomic mass is 10.1. The third-order valence-corrected chi connectivity index (χ3v) is 4.39. The Bertz CT molecular complexity index is 783. The summed E-state index contributed by atoms with van der Waals surface area (Å²) < 4.78 is 0. The Morgan fingerprint density at radius 1 is 0.760 bits per heavy atom. The van der Waals surface area contributed by atoms with Crippen molar-refractivity contribution in [3.8, 4) is 0 Å². The molecule has 126 valence electrons. The number of rotatable bonds is 6. The lowest BCUT2D eigenvalue weighted by Crippen LogP contribution is -2.10. The Hall–Kier alpha value is -2.80. The van der Waals surface area contributed by atoms with E-state index in [0.717, 1.165) is 12.8 Å². The molecule has 0 aliphatic carbocycles. The van der Waals surface area contributed by atoms with Crippen molar-refractivity contribution in [3.05, 3.63) is 102 Å². The van der Waals surface area contributed by atoms with Crippen LogP contribution in [0.5, 0.6) is 0 Å². The van der Waals surface area contributed by atoms with Crippen LogP contribution in [-0.4, -0.2) is 0 Å². The van der Waals surface area contributed by atoms with E-state index in [9.17, 15) is 0 Å². The first kappa shape index (κ1) is 17.0. The predicted octanol–water partition coefficient (Wildman–Crippen LogP) is 6.89. The fraction of sp³-hybridized carbons (Fsp3) is 0.167. The van der Waals surface area contributed by atoms with Crippen LogP contribution in [0.3, 0.4) is 0 Å². The van der Waals surface area contributed by atoms with Crippen LogP contribution in [0.2, 0.25) is 0 Å². The summed E-state index contributed by atoms with van der Waals surface area (Å²) in [6.07, 6.45) is 4.00. The molecule has 3 aromatic rings. The number of benzene rings is 3. The Kier molecular flexibility index (Phi) is 5.35. The van der Waals surface area contributed by atoms with Crippen molar-refractivity contribution in [1.82, 2.24) is 0 Å². The van der Waals surface area contributed by atoms with Crippen LogP contribution in [0, 0.1) is 13.8 Å². The molecule has 0 fully saturated rings. The minimum atomic E-state index is 0.999. The van der Waals surface area contributed by atoms with Crippen molar-refractivity contribution < 1.29 is 0 Å². The van der Waals surface area contributed by atoms with Crippen molar-refractivity contribution in [2.75, 3.05) is 4.90 Å². The summed E-state index contributed by atoms with van der Waals surface area (Å²) >= 11 is 0. The number of hydrogen-bond acceptors (Lipinski definition) is 1. The fourth-order valence-corrected chi connectivity index (χ4v) is 2.95. The fourth-order valence-electron chi connectivity index (χ4n) is 2.95. The Morgan fingerprint density at radius 3 is 1.84 bits per heavy atom. The van der Waals surface area contributed by atoms with Gasteiger partial charge in [0.1, 0.15) is 0 Å². The van der Waals surface area contributed by atoms with Crippen molar-refractivity contribution >= 4 is 17.1 Å². The Labute approximate surface area is 151 Å². The first-order valence-corrected chi connectivity index (χ1v) is 8.80. The summed E-state index contributed by atoms with van der Waals surface area (Å²) in [5.74, 6) is 0. The van der Waals surface area contributed by atoms with Gasteiger partial charge >= 0.3 is 0 Å². The summed E-state index contributed by atoms with van der Waals surface area (Å²) in [4.78, 5) is 2.32. The minimum Gasteiger partial charge on any atom is -0.310 e. The highest BCUT2D eigenvalue weighted by molar-refractivity contribution is 5.76. The van der Waals surface area contributed by atoms with Gasteiger partial charge in [-0.05, 0) is 68.7 Å². The second-order valence-corrected chi connectivity index (χ2v) is 6.50. The molecule has 3 aromatic carbocycles. The van der Waals surface area contributed by atoms with Crippen molar-refractivity contribution in [3.63, 3.8) is 0 Å². The average molecular weight is 327 g/mol. The van der Waals surface area contributed by atoms with Gasteiger partial charge in [0.2, 0.25) is 0 Å². The molecule has 0 N–H and O–H groups in total. The number of nitrogens with zero attached hydrogens (tertiary/aromatic N) is 1. The quantitative estimate of drug-likeness (QED) is 0.445.